The van der Waals surface area contributed by atoms with Crippen LogP contribution < -0.4 is 0 Å². The molecule has 1 aromatic heterocycles. The van der Waals surface area contributed by atoms with Gasteiger partial charge in [0.15, 0.2) is 0 Å². The lowest BCUT2D eigenvalue weighted by Crippen LogP contribution is -2.41. The average Bonchev–Trinajstić information content (AvgIpc) is 2.62. The standard InChI is InChI=1S/C22H29N3O/c1-17-12-19(13-18-8-5-4-6-9-18)14-21(23-17)20-10-7-11-25(15-20)16-22(26)24(2)3/h4-6,8-9,12,14,20H,7,10-11,13,15-16H2,1-3H3/t20-/m1/s1. The van der Waals surface area contributed by atoms with Crippen LogP contribution in [0.1, 0.15) is 41.3 Å². The van der Waals surface area contributed by atoms with Crippen LogP contribution in [-0.4, -0.2) is 54.4 Å². The zero-order valence-electron chi connectivity index (χ0n) is 16.1. The summed E-state index contributed by atoms with van der Waals surface area (Å²) in [6, 6.07) is 15.0. The zero-order chi connectivity index (χ0) is 18.5. The third-order valence-electron chi connectivity index (χ3n) is 5.07. The lowest BCUT2D eigenvalue weighted by atomic mass is 9.92. The van der Waals surface area contributed by atoms with E-state index in [-0.39, 0.29) is 5.91 Å². The number of aryl methyl sites for hydroxylation is 1. The van der Waals surface area contributed by atoms with Gasteiger partial charge in [-0.1, -0.05) is 30.3 Å². The molecule has 1 saturated heterocycles. The minimum absolute atomic E-state index is 0.174. The normalized spacial score (nSPS) is 17.9. The Balaban J connectivity index is 1.72. The van der Waals surface area contributed by atoms with Crippen LogP contribution in [-0.2, 0) is 11.2 Å². The molecule has 0 bridgehead atoms. The molecular weight excluding hydrogens is 322 g/mol. The highest BCUT2D eigenvalue weighted by molar-refractivity contribution is 5.77. The number of likely N-dealkylation sites (N-methyl/N-ethyl adjacent to an activating group) is 1. The van der Waals surface area contributed by atoms with Gasteiger partial charge >= 0.3 is 0 Å². The van der Waals surface area contributed by atoms with Crippen LogP contribution in [0.15, 0.2) is 42.5 Å². The van der Waals surface area contributed by atoms with Crippen LogP contribution in [0.5, 0.6) is 0 Å². The first-order chi connectivity index (χ1) is 12.5. The maximum absolute atomic E-state index is 12.0. The molecule has 0 N–H and O–H groups in total. The maximum Gasteiger partial charge on any atom is 0.236 e. The van der Waals surface area contributed by atoms with Gasteiger partial charge in [-0.3, -0.25) is 14.7 Å². The molecule has 1 fully saturated rings. The fraction of sp³-hybridized carbons (Fsp3) is 0.455. The van der Waals surface area contributed by atoms with Crippen molar-refractivity contribution in [2.45, 2.75) is 32.1 Å². The number of amides is 1. The molecule has 2 heterocycles. The molecule has 0 aliphatic carbocycles. The van der Waals surface area contributed by atoms with Crippen LogP contribution in [0.2, 0.25) is 0 Å². The summed E-state index contributed by atoms with van der Waals surface area (Å²) in [4.78, 5) is 20.8. The Morgan fingerprint density at radius 2 is 1.96 bits per heavy atom. The van der Waals surface area contributed by atoms with Gasteiger partial charge in [0.1, 0.15) is 0 Å². The topological polar surface area (TPSA) is 36.4 Å². The van der Waals surface area contributed by atoms with Gasteiger partial charge in [0.25, 0.3) is 0 Å². The van der Waals surface area contributed by atoms with E-state index in [0.29, 0.717) is 12.5 Å². The SMILES string of the molecule is Cc1cc(Cc2ccccc2)cc([C@@H]2CCCN(CC(=O)N(C)C)C2)n1. The van der Waals surface area contributed by atoms with E-state index in [9.17, 15) is 4.79 Å². The molecule has 1 amide bonds. The van der Waals surface area contributed by atoms with Crippen LogP contribution >= 0.6 is 0 Å². The van der Waals surface area contributed by atoms with Crippen molar-refractivity contribution in [2.75, 3.05) is 33.7 Å². The summed E-state index contributed by atoms with van der Waals surface area (Å²) in [5.74, 6) is 0.584. The Kier molecular flexibility index (Phi) is 6.04. The molecule has 1 atom stereocenters. The number of aromatic nitrogens is 1. The van der Waals surface area contributed by atoms with Crippen molar-refractivity contribution in [3.05, 3.63) is 65.0 Å². The number of hydrogen-bond donors (Lipinski definition) is 0. The molecule has 2 aromatic rings. The zero-order valence-corrected chi connectivity index (χ0v) is 16.1. The quantitative estimate of drug-likeness (QED) is 0.830. The molecule has 0 radical (unpaired) electrons. The molecule has 1 aliphatic heterocycles. The third-order valence-corrected chi connectivity index (χ3v) is 5.07. The van der Waals surface area contributed by atoms with Crippen LogP contribution in [0.3, 0.4) is 0 Å². The molecule has 1 aliphatic rings. The maximum atomic E-state index is 12.0. The highest BCUT2D eigenvalue weighted by Crippen LogP contribution is 2.27. The first-order valence-corrected chi connectivity index (χ1v) is 9.45. The van der Waals surface area contributed by atoms with Crippen LogP contribution in [0, 0.1) is 6.92 Å². The molecule has 4 nitrogen and oxygen atoms in total. The Morgan fingerprint density at radius 1 is 1.19 bits per heavy atom. The van der Waals surface area contributed by atoms with E-state index in [1.807, 2.05) is 14.1 Å². The van der Waals surface area contributed by atoms with E-state index in [4.69, 9.17) is 4.98 Å². The van der Waals surface area contributed by atoms with Gasteiger partial charge < -0.3 is 4.90 Å². The van der Waals surface area contributed by atoms with E-state index >= 15 is 0 Å². The number of hydrogen-bond acceptors (Lipinski definition) is 3. The fourth-order valence-corrected chi connectivity index (χ4v) is 3.68. The number of carbonyl (C=O) groups is 1. The first-order valence-electron chi connectivity index (χ1n) is 9.45. The second-order valence-corrected chi connectivity index (χ2v) is 7.57. The van der Waals surface area contributed by atoms with Crippen LogP contribution in [0.25, 0.3) is 0 Å². The molecule has 3 rings (SSSR count). The van der Waals surface area contributed by atoms with Crippen molar-refractivity contribution in [1.29, 1.82) is 0 Å². The summed E-state index contributed by atoms with van der Waals surface area (Å²) in [6.07, 6.45) is 3.20. The van der Waals surface area contributed by atoms with Crippen molar-refractivity contribution < 1.29 is 4.79 Å². The van der Waals surface area contributed by atoms with Crippen molar-refractivity contribution in [2.24, 2.45) is 0 Å². The monoisotopic (exact) mass is 351 g/mol. The molecular formula is C22H29N3O. The Hall–Kier alpha value is -2.20. The molecule has 1 aromatic carbocycles. The van der Waals surface area contributed by atoms with Gasteiger partial charge in [-0.15, -0.1) is 0 Å². The number of piperidine rings is 1. The molecule has 138 valence electrons. The van der Waals surface area contributed by atoms with Crippen molar-refractivity contribution in [3.63, 3.8) is 0 Å². The largest absolute Gasteiger partial charge is 0.348 e. The number of benzene rings is 1. The van der Waals surface area contributed by atoms with E-state index in [0.717, 1.165) is 38.0 Å². The average molecular weight is 351 g/mol. The summed E-state index contributed by atoms with van der Waals surface area (Å²) in [7, 11) is 3.64. The second kappa shape index (κ2) is 8.45. The fourth-order valence-electron chi connectivity index (χ4n) is 3.68. The lowest BCUT2D eigenvalue weighted by Gasteiger charge is -2.32. The second-order valence-electron chi connectivity index (χ2n) is 7.57. The molecule has 4 heteroatoms. The Labute approximate surface area is 156 Å². The van der Waals surface area contributed by atoms with Crippen molar-refractivity contribution in [3.8, 4) is 0 Å². The Morgan fingerprint density at radius 3 is 2.69 bits per heavy atom. The number of pyridine rings is 1. The summed E-state index contributed by atoms with van der Waals surface area (Å²) < 4.78 is 0. The summed E-state index contributed by atoms with van der Waals surface area (Å²) >= 11 is 0. The number of carbonyl (C=O) groups excluding carboxylic acids is 1. The number of nitrogens with zero attached hydrogens (tertiary/aromatic N) is 3. The molecule has 0 saturated carbocycles. The summed E-state index contributed by atoms with van der Waals surface area (Å²) in [5.41, 5.74) is 4.90. The van der Waals surface area contributed by atoms with E-state index in [1.165, 1.54) is 16.8 Å². The number of likely N-dealkylation sites (tertiary alicyclic amines) is 1. The predicted molar refractivity (Wildman–Crippen MR) is 105 cm³/mol. The summed E-state index contributed by atoms with van der Waals surface area (Å²) in [6.45, 7) is 4.50. The van der Waals surface area contributed by atoms with Crippen molar-refractivity contribution >= 4 is 5.91 Å². The van der Waals surface area contributed by atoms with Gasteiger partial charge in [-0.25, -0.2) is 0 Å². The van der Waals surface area contributed by atoms with Crippen LogP contribution in [0.4, 0.5) is 0 Å². The Bertz CT molecular complexity index is 742. The smallest absolute Gasteiger partial charge is 0.236 e. The minimum atomic E-state index is 0.174. The van der Waals surface area contributed by atoms with Gasteiger partial charge in [0.2, 0.25) is 5.91 Å². The van der Waals surface area contributed by atoms with E-state index in [2.05, 4.69) is 54.3 Å². The lowest BCUT2D eigenvalue weighted by molar-refractivity contribution is -0.130. The van der Waals surface area contributed by atoms with Gasteiger partial charge in [0.05, 0.1) is 6.54 Å². The first kappa shape index (κ1) is 18.6. The van der Waals surface area contributed by atoms with Crippen molar-refractivity contribution in [1.82, 2.24) is 14.8 Å². The minimum Gasteiger partial charge on any atom is -0.348 e. The highest BCUT2D eigenvalue weighted by atomic mass is 16.2. The van der Waals surface area contributed by atoms with E-state index < -0.39 is 0 Å². The van der Waals surface area contributed by atoms with E-state index in [1.54, 1.807) is 4.90 Å². The molecule has 26 heavy (non-hydrogen) atoms. The molecule has 0 unspecified atom stereocenters. The van der Waals surface area contributed by atoms with Gasteiger partial charge in [-0.05, 0) is 56.0 Å². The van der Waals surface area contributed by atoms with Gasteiger partial charge in [0, 0.05) is 37.9 Å². The highest BCUT2D eigenvalue weighted by Gasteiger charge is 2.24. The molecule has 0 spiro atoms. The number of rotatable bonds is 5. The van der Waals surface area contributed by atoms with Gasteiger partial charge in [-0.2, -0.15) is 0 Å². The predicted octanol–water partition coefficient (Wildman–Crippen LogP) is 3.25. The summed E-state index contributed by atoms with van der Waals surface area (Å²) in [5, 5.41) is 0. The third kappa shape index (κ3) is 4.92.